The zero-order valence-electron chi connectivity index (χ0n) is 10.0. The van der Waals surface area contributed by atoms with Gasteiger partial charge in [-0.25, -0.2) is 0 Å². The van der Waals surface area contributed by atoms with Crippen molar-refractivity contribution in [2.45, 2.75) is 40.2 Å². The van der Waals surface area contributed by atoms with Crippen LogP contribution >= 0.6 is 0 Å². The summed E-state index contributed by atoms with van der Waals surface area (Å²) in [5.74, 6) is 0.585. The van der Waals surface area contributed by atoms with E-state index in [0.29, 0.717) is 12.0 Å². The van der Waals surface area contributed by atoms with Gasteiger partial charge in [-0.05, 0) is 26.2 Å². The number of nitrogens with zero attached hydrogens (tertiary/aromatic N) is 1. The van der Waals surface area contributed by atoms with E-state index in [1.54, 1.807) is 5.57 Å². The molecule has 0 aromatic heterocycles. The first-order valence-corrected chi connectivity index (χ1v) is 5.64. The van der Waals surface area contributed by atoms with Gasteiger partial charge in [0.15, 0.2) is 0 Å². The number of rotatable bonds is 3. The second-order valence-corrected chi connectivity index (χ2v) is 4.95. The lowest BCUT2D eigenvalue weighted by Crippen LogP contribution is -2.43. The van der Waals surface area contributed by atoms with Crippen molar-refractivity contribution in [3.63, 3.8) is 0 Å². The van der Waals surface area contributed by atoms with Crippen LogP contribution in [0.5, 0.6) is 0 Å². The van der Waals surface area contributed by atoms with Crippen LogP contribution in [0.15, 0.2) is 11.1 Å². The van der Waals surface area contributed by atoms with E-state index in [1.807, 2.05) is 0 Å². The van der Waals surface area contributed by atoms with Crippen molar-refractivity contribution in [3.8, 4) is 0 Å². The number of nitrogens with two attached hydrogens (primary N) is 1. The fourth-order valence-electron chi connectivity index (χ4n) is 1.75. The van der Waals surface area contributed by atoms with Crippen LogP contribution in [0.1, 0.15) is 34.1 Å². The van der Waals surface area contributed by atoms with E-state index < -0.39 is 0 Å². The van der Waals surface area contributed by atoms with Crippen molar-refractivity contribution in [1.82, 2.24) is 4.90 Å². The normalized spacial score (nSPS) is 21.9. The molecule has 1 atom stereocenters. The summed E-state index contributed by atoms with van der Waals surface area (Å²) >= 11 is 0. The van der Waals surface area contributed by atoms with Crippen molar-refractivity contribution < 1.29 is 0 Å². The summed E-state index contributed by atoms with van der Waals surface area (Å²) in [7, 11) is 0. The van der Waals surface area contributed by atoms with Gasteiger partial charge in [-0.15, -0.1) is 0 Å². The third-order valence-corrected chi connectivity index (χ3v) is 3.32. The highest BCUT2D eigenvalue weighted by Crippen LogP contribution is 2.17. The predicted octanol–water partition coefficient (Wildman–Crippen LogP) is 2.01. The summed E-state index contributed by atoms with van der Waals surface area (Å²) in [6.45, 7) is 12.2. The molecule has 0 radical (unpaired) electrons. The lowest BCUT2D eigenvalue weighted by Gasteiger charge is -2.31. The Bertz CT molecular complexity index is 218. The standard InChI is InChI=1S/C12H24N2/c1-9(2)12(13)8-14-6-5-10(3)11(4)7-14/h9,12H,5-8,13H2,1-4H3/t12-/m1/s1. The fraction of sp³-hybridized carbons (Fsp3) is 0.833. The lowest BCUT2D eigenvalue weighted by atomic mass is 10.00. The van der Waals surface area contributed by atoms with Crippen LogP contribution in [-0.4, -0.2) is 30.6 Å². The van der Waals surface area contributed by atoms with E-state index in [4.69, 9.17) is 5.73 Å². The maximum Gasteiger partial charge on any atom is 0.0193 e. The van der Waals surface area contributed by atoms with Gasteiger partial charge in [0.25, 0.3) is 0 Å². The molecule has 0 saturated carbocycles. The molecule has 0 aromatic rings. The van der Waals surface area contributed by atoms with E-state index in [2.05, 4.69) is 32.6 Å². The van der Waals surface area contributed by atoms with E-state index in [1.165, 1.54) is 18.5 Å². The van der Waals surface area contributed by atoms with Crippen LogP contribution in [0, 0.1) is 5.92 Å². The predicted molar refractivity (Wildman–Crippen MR) is 62.2 cm³/mol. The van der Waals surface area contributed by atoms with Crippen LogP contribution in [0.2, 0.25) is 0 Å². The van der Waals surface area contributed by atoms with Crippen molar-refractivity contribution >= 4 is 0 Å². The van der Waals surface area contributed by atoms with Crippen LogP contribution < -0.4 is 5.73 Å². The molecule has 82 valence electrons. The summed E-state index contributed by atoms with van der Waals surface area (Å²) in [5.41, 5.74) is 9.17. The monoisotopic (exact) mass is 196 g/mol. The van der Waals surface area contributed by atoms with Crippen molar-refractivity contribution in [3.05, 3.63) is 11.1 Å². The quantitative estimate of drug-likeness (QED) is 0.700. The first-order chi connectivity index (χ1) is 6.50. The Morgan fingerprint density at radius 1 is 1.29 bits per heavy atom. The average Bonchev–Trinajstić information content (AvgIpc) is 2.11. The summed E-state index contributed by atoms with van der Waals surface area (Å²) < 4.78 is 0. The van der Waals surface area contributed by atoms with E-state index in [-0.39, 0.29) is 0 Å². The Hall–Kier alpha value is -0.340. The van der Waals surface area contributed by atoms with Crippen LogP contribution in [0.3, 0.4) is 0 Å². The number of hydrogen-bond donors (Lipinski definition) is 1. The number of hydrogen-bond acceptors (Lipinski definition) is 2. The molecule has 2 N–H and O–H groups in total. The molecule has 0 aliphatic carbocycles. The highest BCUT2D eigenvalue weighted by atomic mass is 15.1. The molecule has 0 spiro atoms. The molecule has 0 aromatic carbocycles. The van der Waals surface area contributed by atoms with E-state index in [9.17, 15) is 0 Å². The summed E-state index contributed by atoms with van der Waals surface area (Å²) in [4.78, 5) is 2.48. The topological polar surface area (TPSA) is 29.3 Å². The Morgan fingerprint density at radius 2 is 1.93 bits per heavy atom. The molecule has 1 heterocycles. The minimum absolute atomic E-state index is 0.321. The molecule has 1 rings (SSSR count). The Kier molecular flexibility index (Phi) is 4.14. The Labute approximate surface area is 88.2 Å². The maximum absolute atomic E-state index is 6.07. The van der Waals surface area contributed by atoms with Crippen molar-refractivity contribution in [1.29, 1.82) is 0 Å². The smallest absolute Gasteiger partial charge is 0.0193 e. The van der Waals surface area contributed by atoms with Gasteiger partial charge in [0.05, 0.1) is 0 Å². The summed E-state index contributed by atoms with van der Waals surface area (Å²) in [6.07, 6.45) is 1.22. The molecule has 0 unspecified atom stereocenters. The van der Waals surface area contributed by atoms with Gasteiger partial charge >= 0.3 is 0 Å². The van der Waals surface area contributed by atoms with Gasteiger partial charge in [-0.3, -0.25) is 4.90 Å². The molecule has 2 nitrogen and oxygen atoms in total. The molecule has 0 amide bonds. The average molecular weight is 196 g/mol. The highest BCUT2D eigenvalue weighted by Gasteiger charge is 2.17. The summed E-state index contributed by atoms with van der Waals surface area (Å²) in [5, 5.41) is 0. The molecular formula is C12H24N2. The molecule has 1 aliphatic rings. The molecule has 1 aliphatic heterocycles. The maximum atomic E-state index is 6.07. The third-order valence-electron chi connectivity index (χ3n) is 3.32. The second-order valence-electron chi connectivity index (χ2n) is 4.95. The van der Waals surface area contributed by atoms with Gasteiger partial charge in [0.1, 0.15) is 0 Å². The third kappa shape index (κ3) is 3.10. The van der Waals surface area contributed by atoms with E-state index >= 15 is 0 Å². The molecule has 14 heavy (non-hydrogen) atoms. The molecule has 2 heteroatoms. The minimum atomic E-state index is 0.321. The first-order valence-electron chi connectivity index (χ1n) is 5.64. The van der Waals surface area contributed by atoms with E-state index in [0.717, 1.165) is 13.1 Å². The van der Waals surface area contributed by atoms with Gasteiger partial charge in [0.2, 0.25) is 0 Å². The molecular weight excluding hydrogens is 172 g/mol. The lowest BCUT2D eigenvalue weighted by molar-refractivity contribution is 0.247. The Balaban J connectivity index is 2.42. The van der Waals surface area contributed by atoms with Crippen LogP contribution in [-0.2, 0) is 0 Å². The highest BCUT2D eigenvalue weighted by molar-refractivity contribution is 5.14. The fourth-order valence-corrected chi connectivity index (χ4v) is 1.75. The van der Waals surface area contributed by atoms with Crippen LogP contribution in [0.25, 0.3) is 0 Å². The molecule has 0 fully saturated rings. The first kappa shape index (κ1) is 11.7. The zero-order chi connectivity index (χ0) is 10.7. The second kappa shape index (κ2) is 4.94. The van der Waals surface area contributed by atoms with Gasteiger partial charge in [-0.1, -0.05) is 25.0 Å². The van der Waals surface area contributed by atoms with Gasteiger partial charge in [0, 0.05) is 25.7 Å². The molecule has 0 bridgehead atoms. The van der Waals surface area contributed by atoms with Crippen LogP contribution in [0.4, 0.5) is 0 Å². The van der Waals surface area contributed by atoms with Gasteiger partial charge in [-0.2, -0.15) is 0 Å². The van der Waals surface area contributed by atoms with Gasteiger partial charge < -0.3 is 5.73 Å². The minimum Gasteiger partial charge on any atom is -0.326 e. The Morgan fingerprint density at radius 3 is 2.43 bits per heavy atom. The zero-order valence-corrected chi connectivity index (χ0v) is 10.0. The van der Waals surface area contributed by atoms with Crippen molar-refractivity contribution in [2.75, 3.05) is 19.6 Å². The van der Waals surface area contributed by atoms with Crippen molar-refractivity contribution in [2.24, 2.45) is 11.7 Å². The SMILES string of the molecule is CC1=C(C)CN(C[C@@H](N)C(C)C)CC1. The largest absolute Gasteiger partial charge is 0.326 e. The summed E-state index contributed by atoms with van der Waals surface area (Å²) in [6, 6.07) is 0.321. The molecule has 0 saturated heterocycles.